The maximum Gasteiger partial charge on any atom is 0.349 e. The van der Waals surface area contributed by atoms with Crippen molar-refractivity contribution in [1.82, 2.24) is 0 Å². The predicted molar refractivity (Wildman–Crippen MR) is 103 cm³/mol. The molecule has 0 aliphatic carbocycles. The van der Waals surface area contributed by atoms with Crippen molar-refractivity contribution in [2.45, 2.75) is 33.6 Å². The fraction of sp³-hybridized carbons (Fsp3) is 0.316. The molecule has 0 aliphatic rings. The molecule has 5 heteroatoms. The van der Waals surface area contributed by atoms with Gasteiger partial charge >= 0.3 is 5.97 Å². The van der Waals surface area contributed by atoms with Crippen molar-refractivity contribution in [3.8, 4) is 11.5 Å². The first-order chi connectivity index (χ1) is 11.3. The van der Waals surface area contributed by atoms with Crippen LogP contribution in [0.3, 0.4) is 0 Å². The van der Waals surface area contributed by atoms with Crippen molar-refractivity contribution < 1.29 is 14.3 Å². The lowest BCUT2D eigenvalue weighted by Gasteiger charge is -2.15. The van der Waals surface area contributed by atoms with E-state index in [-0.39, 0.29) is 12.5 Å². The maximum absolute atomic E-state index is 12.2. The van der Waals surface area contributed by atoms with E-state index in [0.717, 1.165) is 25.6 Å². The van der Waals surface area contributed by atoms with Gasteiger partial charge in [0.2, 0.25) is 0 Å². The average molecular weight is 456 g/mol. The van der Waals surface area contributed by atoms with Crippen LogP contribution in [0.2, 0.25) is 0 Å². The molecular formula is C19H20Br2O3. The molecule has 2 aromatic rings. The highest BCUT2D eigenvalue weighted by Crippen LogP contribution is 2.32. The first-order valence-corrected chi connectivity index (χ1v) is 9.26. The van der Waals surface area contributed by atoms with E-state index in [1.54, 1.807) is 0 Å². The molecule has 0 saturated carbocycles. The van der Waals surface area contributed by atoms with Gasteiger partial charge in [0.1, 0.15) is 11.5 Å². The molecular weight excluding hydrogens is 436 g/mol. The molecule has 2 rings (SSSR count). The third-order valence-corrected chi connectivity index (χ3v) is 5.04. The molecule has 128 valence electrons. The highest BCUT2D eigenvalue weighted by Gasteiger charge is 2.15. The highest BCUT2D eigenvalue weighted by atomic mass is 79.9. The predicted octanol–water partition coefficient (Wildman–Crippen LogP) is 5.94. The second-order valence-corrected chi connectivity index (χ2v) is 7.70. The summed E-state index contributed by atoms with van der Waals surface area (Å²) in [6.45, 7) is 7.94. The van der Waals surface area contributed by atoms with Crippen LogP contribution in [0.15, 0.2) is 39.3 Å². The van der Waals surface area contributed by atoms with E-state index in [1.165, 1.54) is 0 Å². The lowest BCUT2D eigenvalue weighted by molar-refractivity contribution is -0.136. The average Bonchev–Trinajstić information content (AvgIpc) is 2.49. The van der Waals surface area contributed by atoms with Crippen molar-refractivity contribution in [1.29, 1.82) is 0 Å². The number of carbonyl (C=O) groups excluding carboxylic acids is 1. The normalized spacial score (nSPS) is 10.8. The molecule has 24 heavy (non-hydrogen) atoms. The number of rotatable bonds is 5. The van der Waals surface area contributed by atoms with Crippen LogP contribution in [-0.2, 0) is 4.79 Å². The second-order valence-electron chi connectivity index (χ2n) is 5.99. The van der Waals surface area contributed by atoms with Crippen LogP contribution in [0.4, 0.5) is 0 Å². The summed E-state index contributed by atoms with van der Waals surface area (Å²) in [7, 11) is 0. The summed E-state index contributed by atoms with van der Waals surface area (Å²) in [6, 6.07) is 9.57. The number of hydrogen-bond acceptors (Lipinski definition) is 3. The minimum Gasteiger partial charge on any atom is -0.481 e. The number of hydrogen-bond donors (Lipinski definition) is 0. The van der Waals surface area contributed by atoms with E-state index >= 15 is 0 Å². The van der Waals surface area contributed by atoms with Gasteiger partial charge < -0.3 is 9.47 Å². The van der Waals surface area contributed by atoms with E-state index in [4.69, 9.17) is 9.47 Å². The topological polar surface area (TPSA) is 35.5 Å². The van der Waals surface area contributed by atoms with Gasteiger partial charge in [0.05, 0.1) is 4.47 Å². The number of esters is 1. The second kappa shape index (κ2) is 8.17. The van der Waals surface area contributed by atoms with Crippen LogP contribution in [0.1, 0.15) is 36.5 Å². The Balaban J connectivity index is 2.08. The minimum absolute atomic E-state index is 0.145. The Kier molecular flexibility index (Phi) is 6.47. The standard InChI is InChI=1S/C19H20Br2O3/c1-11(2)14-9-15(20)13(4)8-18(14)24-19(22)10-23-17-6-5-12(3)7-16(17)21/h5-9,11H,10H2,1-4H3. The molecule has 0 unspecified atom stereocenters. The quantitative estimate of drug-likeness (QED) is 0.413. The van der Waals surface area contributed by atoms with Gasteiger partial charge in [-0.15, -0.1) is 0 Å². The molecule has 0 heterocycles. The number of carbonyl (C=O) groups is 1. The van der Waals surface area contributed by atoms with Gasteiger partial charge in [-0.1, -0.05) is 35.8 Å². The SMILES string of the molecule is Cc1ccc(OCC(=O)Oc2cc(C)c(Br)cc2C(C)C)c(Br)c1. The van der Waals surface area contributed by atoms with Gasteiger partial charge in [0.15, 0.2) is 6.61 Å². The number of benzene rings is 2. The van der Waals surface area contributed by atoms with Crippen LogP contribution in [0, 0.1) is 13.8 Å². The van der Waals surface area contributed by atoms with Gasteiger partial charge in [-0.25, -0.2) is 4.79 Å². The van der Waals surface area contributed by atoms with Crippen LogP contribution in [0.5, 0.6) is 11.5 Å². The first kappa shape index (κ1) is 19.0. The molecule has 0 spiro atoms. The molecule has 0 N–H and O–H groups in total. The van der Waals surface area contributed by atoms with Crippen molar-refractivity contribution in [3.05, 3.63) is 56.0 Å². The maximum atomic E-state index is 12.2. The number of ether oxygens (including phenoxy) is 2. The summed E-state index contributed by atoms with van der Waals surface area (Å²) in [4.78, 5) is 12.2. The lowest BCUT2D eigenvalue weighted by atomic mass is 10.0. The largest absolute Gasteiger partial charge is 0.481 e. The van der Waals surface area contributed by atoms with Crippen LogP contribution in [-0.4, -0.2) is 12.6 Å². The number of aryl methyl sites for hydroxylation is 2. The molecule has 0 fully saturated rings. The monoisotopic (exact) mass is 454 g/mol. The summed E-state index contributed by atoms with van der Waals surface area (Å²) in [6.07, 6.45) is 0. The summed E-state index contributed by atoms with van der Waals surface area (Å²) < 4.78 is 12.9. The molecule has 3 nitrogen and oxygen atoms in total. The third-order valence-electron chi connectivity index (χ3n) is 3.57. The van der Waals surface area contributed by atoms with Gasteiger partial charge in [0.25, 0.3) is 0 Å². The van der Waals surface area contributed by atoms with E-state index in [2.05, 4.69) is 45.7 Å². The molecule has 0 aromatic heterocycles. The van der Waals surface area contributed by atoms with Crippen molar-refractivity contribution in [2.24, 2.45) is 0 Å². The Morgan fingerprint density at radius 1 is 1.04 bits per heavy atom. The van der Waals surface area contributed by atoms with Gasteiger partial charge in [-0.05, 0) is 76.7 Å². The molecule has 0 saturated heterocycles. The molecule has 0 amide bonds. The van der Waals surface area contributed by atoms with Crippen molar-refractivity contribution >= 4 is 37.8 Å². The van der Waals surface area contributed by atoms with Gasteiger partial charge in [-0.3, -0.25) is 0 Å². The van der Waals surface area contributed by atoms with E-state index in [0.29, 0.717) is 11.5 Å². The summed E-state index contributed by atoms with van der Waals surface area (Å²) in [5, 5.41) is 0. The fourth-order valence-corrected chi connectivity index (χ4v) is 3.19. The van der Waals surface area contributed by atoms with Crippen LogP contribution in [0.25, 0.3) is 0 Å². The summed E-state index contributed by atoms with van der Waals surface area (Å²) in [5.41, 5.74) is 3.12. The Hall–Kier alpha value is -1.33. The first-order valence-electron chi connectivity index (χ1n) is 7.67. The van der Waals surface area contributed by atoms with Crippen LogP contribution < -0.4 is 9.47 Å². The zero-order valence-corrected chi connectivity index (χ0v) is 17.3. The van der Waals surface area contributed by atoms with Crippen molar-refractivity contribution in [3.63, 3.8) is 0 Å². The molecule has 0 bridgehead atoms. The van der Waals surface area contributed by atoms with E-state index < -0.39 is 5.97 Å². The lowest BCUT2D eigenvalue weighted by Crippen LogP contribution is -2.18. The molecule has 0 aliphatic heterocycles. The van der Waals surface area contributed by atoms with Crippen molar-refractivity contribution in [2.75, 3.05) is 6.61 Å². The fourth-order valence-electron chi connectivity index (χ4n) is 2.22. The Morgan fingerprint density at radius 3 is 2.38 bits per heavy atom. The highest BCUT2D eigenvalue weighted by molar-refractivity contribution is 9.10. The number of halogens is 2. The zero-order valence-electron chi connectivity index (χ0n) is 14.2. The minimum atomic E-state index is -0.425. The molecule has 0 radical (unpaired) electrons. The van der Waals surface area contributed by atoms with E-state index in [9.17, 15) is 4.79 Å². The zero-order chi connectivity index (χ0) is 17.9. The Labute approximate surface area is 159 Å². The van der Waals surface area contributed by atoms with Gasteiger partial charge in [-0.2, -0.15) is 0 Å². The Morgan fingerprint density at radius 2 is 1.75 bits per heavy atom. The van der Waals surface area contributed by atoms with E-state index in [1.807, 2.05) is 44.2 Å². The molecule has 0 atom stereocenters. The smallest absolute Gasteiger partial charge is 0.349 e. The van der Waals surface area contributed by atoms with Crippen LogP contribution >= 0.6 is 31.9 Å². The van der Waals surface area contributed by atoms with Gasteiger partial charge in [0, 0.05) is 4.47 Å². The summed E-state index contributed by atoms with van der Waals surface area (Å²) in [5.74, 6) is 1.03. The summed E-state index contributed by atoms with van der Waals surface area (Å²) >= 11 is 6.95. The Bertz CT molecular complexity index is 755. The third kappa shape index (κ3) is 4.84. The molecule has 2 aromatic carbocycles.